The van der Waals surface area contributed by atoms with Crippen LogP contribution in [-0.4, -0.2) is 50.6 Å². The summed E-state index contributed by atoms with van der Waals surface area (Å²) in [5, 5.41) is 7.05. The summed E-state index contributed by atoms with van der Waals surface area (Å²) >= 11 is 12.6. The maximum atomic E-state index is 6.38. The van der Waals surface area contributed by atoms with Gasteiger partial charge in [0, 0.05) is 31.1 Å². The number of imidazole rings is 1. The zero-order valence-electron chi connectivity index (χ0n) is 17.0. The molecule has 0 aliphatic heterocycles. The van der Waals surface area contributed by atoms with Gasteiger partial charge in [0.25, 0.3) is 0 Å². The Balaban J connectivity index is 1.70. The van der Waals surface area contributed by atoms with E-state index in [9.17, 15) is 0 Å². The number of nitrogens with zero attached hydrogens (tertiary/aromatic N) is 5. The van der Waals surface area contributed by atoms with Gasteiger partial charge in [0.05, 0.1) is 10.5 Å². The van der Waals surface area contributed by atoms with Gasteiger partial charge in [-0.3, -0.25) is 5.32 Å². The van der Waals surface area contributed by atoms with E-state index in [0.29, 0.717) is 28.4 Å². The SMILES string of the molecule is CCCC(CNc1ccnc(Nc2nc3c(Cl)cccc3n2Cl)n1)CN(C)CC. The molecule has 0 spiro atoms. The van der Waals surface area contributed by atoms with Gasteiger partial charge >= 0.3 is 0 Å². The molecular formula is C20H27Cl2N7. The van der Waals surface area contributed by atoms with Crippen LogP contribution in [0, 0.1) is 5.92 Å². The predicted molar refractivity (Wildman–Crippen MR) is 121 cm³/mol. The van der Waals surface area contributed by atoms with Crippen LogP contribution in [0.4, 0.5) is 17.7 Å². The van der Waals surface area contributed by atoms with Crippen LogP contribution in [0.2, 0.25) is 5.02 Å². The lowest BCUT2D eigenvalue weighted by Gasteiger charge is -2.23. The van der Waals surface area contributed by atoms with Gasteiger partial charge in [-0.2, -0.15) is 4.98 Å². The monoisotopic (exact) mass is 435 g/mol. The number of para-hydroxylation sites is 1. The van der Waals surface area contributed by atoms with E-state index in [4.69, 9.17) is 23.4 Å². The second kappa shape index (κ2) is 10.1. The zero-order valence-corrected chi connectivity index (χ0v) is 18.5. The maximum absolute atomic E-state index is 6.38. The third-order valence-corrected chi connectivity index (χ3v) is 5.49. The molecule has 0 aliphatic rings. The number of halogens is 2. The fourth-order valence-electron chi connectivity index (χ4n) is 3.22. The Bertz CT molecular complexity index is 944. The summed E-state index contributed by atoms with van der Waals surface area (Å²) in [4.78, 5) is 15.6. The molecule has 2 heterocycles. The van der Waals surface area contributed by atoms with Crippen LogP contribution in [-0.2, 0) is 0 Å². The Hall–Kier alpha value is -2.09. The lowest BCUT2D eigenvalue weighted by atomic mass is 10.0. The predicted octanol–water partition coefficient (Wildman–Crippen LogP) is 5.01. The van der Waals surface area contributed by atoms with Gasteiger partial charge in [-0.1, -0.05) is 37.9 Å². The number of aromatic nitrogens is 4. The Labute approximate surface area is 181 Å². The van der Waals surface area contributed by atoms with E-state index in [1.165, 1.54) is 10.5 Å². The van der Waals surface area contributed by atoms with Crippen molar-refractivity contribution in [3.05, 3.63) is 35.5 Å². The molecule has 29 heavy (non-hydrogen) atoms. The molecule has 1 unspecified atom stereocenters. The van der Waals surface area contributed by atoms with E-state index < -0.39 is 0 Å². The molecule has 9 heteroatoms. The van der Waals surface area contributed by atoms with Crippen LogP contribution in [0.25, 0.3) is 11.0 Å². The van der Waals surface area contributed by atoms with Gasteiger partial charge in [0.2, 0.25) is 11.9 Å². The number of anilines is 3. The van der Waals surface area contributed by atoms with Crippen molar-refractivity contribution in [1.29, 1.82) is 0 Å². The Morgan fingerprint density at radius 3 is 2.76 bits per heavy atom. The highest BCUT2D eigenvalue weighted by Crippen LogP contribution is 2.28. The van der Waals surface area contributed by atoms with Crippen molar-refractivity contribution in [3.63, 3.8) is 0 Å². The fourth-order valence-corrected chi connectivity index (χ4v) is 3.64. The molecule has 0 radical (unpaired) electrons. The van der Waals surface area contributed by atoms with Crippen molar-refractivity contribution in [2.75, 3.05) is 37.3 Å². The van der Waals surface area contributed by atoms with Crippen LogP contribution in [0.3, 0.4) is 0 Å². The first-order valence-electron chi connectivity index (χ1n) is 9.87. The van der Waals surface area contributed by atoms with Crippen LogP contribution in [0.5, 0.6) is 0 Å². The summed E-state index contributed by atoms with van der Waals surface area (Å²) in [5.41, 5.74) is 1.35. The number of hydrogen-bond donors (Lipinski definition) is 2. The molecule has 7 nitrogen and oxygen atoms in total. The number of rotatable bonds is 10. The molecule has 2 N–H and O–H groups in total. The first kappa shape index (κ1) is 21.6. The quantitative estimate of drug-likeness (QED) is 0.466. The Kier molecular flexibility index (Phi) is 7.52. The molecular weight excluding hydrogens is 409 g/mol. The minimum Gasteiger partial charge on any atom is -0.370 e. The number of hydrogen-bond acceptors (Lipinski definition) is 6. The van der Waals surface area contributed by atoms with Crippen molar-refractivity contribution in [2.24, 2.45) is 5.92 Å². The molecule has 3 aromatic rings. The number of fused-ring (bicyclic) bond motifs is 1. The molecule has 2 aromatic heterocycles. The van der Waals surface area contributed by atoms with Crippen molar-refractivity contribution in [3.8, 4) is 0 Å². The van der Waals surface area contributed by atoms with Gasteiger partial charge in [-0.25, -0.2) is 14.1 Å². The van der Waals surface area contributed by atoms with Gasteiger partial charge in [-0.15, -0.1) is 0 Å². The normalized spacial score (nSPS) is 12.5. The second-order valence-corrected chi connectivity index (χ2v) is 7.85. The van der Waals surface area contributed by atoms with E-state index in [2.05, 4.69) is 51.4 Å². The summed E-state index contributed by atoms with van der Waals surface area (Å²) < 4.78 is 1.42. The summed E-state index contributed by atoms with van der Waals surface area (Å²) in [6.07, 6.45) is 4.04. The average Bonchev–Trinajstić information content (AvgIpc) is 3.03. The molecule has 156 valence electrons. The minimum absolute atomic E-state index is 0.417. The zero-order chi connectivity index (χ0) is 20.8. The third kappa shape index (κ3) is 5.50. The van der Waals surface area contributed by atoms with Gasteiger partial charge in [-0.05, 0) is 44.1 Å². The van der Waals surface area contributed by atoms with Crippen LogP contribution < -0.4 is 10.6 Å². The molecule has 1 aromatic carbocycles. The van der Waals surface area contributed by atoms with Gasteiger partial charge < -0.3 is 10.2 Å². The maximum Gasteiger partial charge on any atom is 0.231 e. The lowest BCUT2D eigenvalue weighted by Crippen LogP contribution is -2.29. The first-order valence-corrected chi connectivity index (χ1v) is 10.6. The molecule has 0 bridgehead atoms. The van der Waals surface area contributed by atoms with E-state index in [0.717, 1.165) is 37.4 Å². The Morgan fingerprint density at radius 1 is 1.21 bits per heavy atom. The minimum atomic E-state index is 0.417. The molecule has 3 rings (SSSR count). The highest BCUT2D eigenvalue weighted by atomic mass is 35.5. The Morgan fingerprint density at radius 2 is 2.03 bits per heavy atom. The lowest BCUT2D eigenvalue weighted by molar-refractivity contribution is 0.284. The molecule has 0 aliphatic carbocycles. The molecule has 0 saturated carbocycles. The van der Waals surface area contributed by atoms with Crippen LogP contribution in [0.1, 0.15) is 26.7 Å². The average molecular weight is 436 g/mol. The van der Waals surface area contributed by atoms with E-state index >= 15 is 0 Å². The van der Waals surface area contributed by atoms with Crippen LogP contribution in [0.15, 0.2) is 30.5 Å². The second-order valence-electron chi connectivity index (χ2n) is 7.10. The topological polar surface area (TPSA) is 70.9 Å². The van der Waals surface area contributed by atoms with Crippen molar-refractivity contribution in [2.45, 2.75) is 26.7 Å². The van der Waals surface area contributed by atoms with Crippen molar-refractivity contribution in [1.82, 2.24) is 23.9 Å². The standard InChI is InChI=1S/C20H27Cl2N7/c1-4-7-14(13-28(3)5-2)12-24-17-10-11-23-19(25-17)27-20-26-18-15(21)8-6-9-16(18)29(20)22/h6,8-11,14H,4-5,7,12-13H2,1-3H3,(H2,23,24,25,26,27). The van der Waals surface area contributed by atoms with Crippen molar-refractivity contribution >= 4 is 52.1 Å². The molecule has 1 atom stereocenters. The highest BCUT2D eigenvalue weighted by molar-refractivity contribution is 6.35. The highest BCUT2D eigenvalue weighted by Gasteiger charge is 2.14. The summed E-state index contributed by atoms with van der Waals surface area (Å²) in [5.74, 6) is 2.16. The molecule has 0 amide bonds. The van der Waals surface area contributed by atoms with E-state index in [1.54, 1.807) is 12.3 Å². The molecule has 0 saturated heterocycles. The van der Waals surface area contributed by atoms with Gasteiger partial charge in [0.15, 0.2) is 0 Å². The largest absolute Gasteiger partial charge is 0.370 e. The molecule has 0 fully saturated rings. The fraction of sp³-hybridized carbons (Fsp3) is 0.450. The van der Waals surface area contributed by atoms with Gasteiger partial charge in [0.1, 0.15) is 11.3 Å². The van der Waals surface area contributed by atoms with E-state index in [1.807, 2.05) is 18.2 Å². The third-order valence-electron chi connectivity index (χ3n) is 4.84. The summed E-state index contributed by atoms with van der Waals surface area (Å²) in [6, 6.07) is 7.32. The summed E-state index contributed by atoms with van der Waals surface area (Å²) in [6.45, 7) is 7.36. The number of nitrogens with one attached hydrogen (secondary N) is 2. The van der Waals surface area contributed by atoms with Crippen LogP contribution >= 0.6 is 23.4 Å². The smallest absolute Gasteiger partial charge is 0.231 e. The van der Waals surface area contributed by atoms with E-state index in [-0.39, 0.29) is 0 Å². The number of benzene rings is 1. The first-order chi connectivity index (χ1) is 14.0. The summed E-state index contributed by atoms with van der Waals surface area (Å²) in [7, 11) is 2.15. The van der Waals surface area contributed by atoms with Crippen molar-refractivity contribution < 1.29 is 0 Å².